The van der Waals surface area contributed by atoms with Crippen molar-refractivity contribution in [1.29, 1.82) is 0 Å². The Morgan fingerprint density at radius 3 is 2.86 bits per heavy atom. The second-order valence-corrected chi connectivity index (χ2v) is 5.71. The van der Waals surface area contributed by atoms with Crippen molar-refractivity contribution in [2.24, 2.45) is 17.8 Å². The number of carbonyl (C=O) groups excluding carboxylic acids is 3. The van der Waals surface area contributed by atoms with Gasteiger partial charge >= 0.3 is 5.97 Å². The SMILES string of the molecule is C=CC(=O)CC(C)CC1COC(=O)C1CC=CC(C=O)OC. The second kappa shape index (κ2) is 9.30. The number of rotatable bonds is 10. The standard InChI is InChI=1S/C17H24O5/c1-4-14(19)9-12(2)8-13-11-22-17(20)16(13)7-5-6-15(10-18)21-3/h4-6,10,12-13,15-16H,1,7-9,11H2,2-3H3. The molecule has 0 aromatic rings. The third kappa shape index (κ3) is 5.56. The monoisotopic (exact) mass is 308 g/mol. The summed E-state index contributed by atoms with van der Waals surface area (Å²) in [6.45, 7) is 5.85. The number of aldehydes is 1. The summed E-state index contributed by atoms with van der Waals surface area (Å²) in [6.07, 6.45) is 6.58. The van der Waals surface area contributed by atoms with E-state index in [0.717, 1.165) is 6.42 Å². The molecule has 1 heterocycles. The normalized spacial score (nSPS) is 24.0. The molecule has 0 saturated carbocycles. The van der Waals surface area contributed by atoms with E-state index in [-0.39, 0.29) is 29.5 Å². The molecule has 0 aliphatic carbocycles. The van der Waals surface area contributed by atoms with Crippen molar-refractivity contribution in [3.63, 3.8) is 0 Å². The molecule has 0 spiro atoms. The van der Waals surface area contributed by atoms with Crippen molar-refractivity contribution >= 4 is 18.0 Å². The van der Waals surface area contributed by atoms with Gasteiger partial charge in [0.2, 0.25) is 0 Å². The zero-order chi connectivity index (χ0) is 16.5. The fourth-order valence-corrected chi connectivity index (χ4v) is 2.69. The molecule has 0 aromatic carbocycles. The highest BCUT2D eigenvalue weighted by Crippen LogP contribution is 2.32. The van der Waals surface area contributed by atoms with E-state index in [1.54, 1.807) is 12.2 Å². The fourth-order valence-electron chi connectivity index (χ4n) is 2.69. The molecule has 0 aromatic heterocycles. The van der Waals surface area contributed by atoms with Gasteiger partial charge in [0.15, 0.2) is 12.1 Å². The molecule has 22 heavy (non-hydrogen) atoms. The molecule has 122 valence electrons. The van der Waals surface area contributed by atoms with Crippen molar-refractivity contribution in [1.82, 2.24) is 0 Å². The van der Waals surface area contributed by atoms with E-state index in [4.69, 9.17) is 9.47 Å². The van der Waals surface area contributed by atoms with Gasteiger partial charge in [-0.2, -0.15) is 0 Å². The van der Waals surface area contributed by atoms with E-state index >= 15 is 0 Å². The highest BCUT2D eigenvalue weighted by atomic mass is 16.5. The highest BCUT2D eigenvalue weighted by Gasteiger charge is 2.36. The summed E-state index contributed by atoms with van der Waals surface area (Å²) in [5.74, 6) is -0.137. The predicted molar refractivity (Wildman–Crippen MR) is 82.2 cm³/mol. The molecule has 1 saturated heterocycles. The fraction of sp³-hybridized carbons (Fsp3) is 0.588. The molecular formula is C17H24O5. The molecule has 0 bridgehead atoms. The lowest BCUT2D eigenvalue weighted by Gasteiger charge is -2.17. The van der Waals surface area contributed by atoms with E-state index in [2.05, 4.69) is 6.58 Å². The minimum absolute atomic E-state index is 0.0168. The zero-order valence-corrected chi connectivity index (χ0v) is 13.2. The van der Waals surface area contributed by atoms with Crippen LogP contribution >= 0.6 is 0 Å². The van der Waals surface area contributed by atoms with Crippen LogP contribution < -0.4 is 0 Å². The first-order valence-electron chi connectivity index (χ1n) is 7.48. The third-order valence-corrected chi connectivity index (χ3v) is 3.92. The topological polar surface area (TPSA) is 69.7 Å². The molecule has 0 radical (unpaired) electrons. The molecule has 1 aliphatic heterocycles. The predicted octanol–water partition coefficient (Wildman–Crippen LogP) is 2.11. The summed E-state index contributed by atoms with van der Waals surface area (Å²) in [5, 5.41) is 0. The average Bonchev–Trinajstić information content (AvgIpc) is 2.84. The number of hydrogen-bond acceptors (Lipinski definition) is 5. The summed E-state index contributed by atoms with van der Waals surface area (Å²) in [6, 6.07) is 0. The van der Waals surface area contributed by atoms with Gasteiger partial charge < -0.3 is 14.3 Å². The molecule has 1 rings (SSSR count). The van der Waals surface area contributed by atoms with E-state index in [9.17, 15) is 14.4 Å². The molecule has 0 amide bonds. The molecule has 4 unspecified atom stereocenters. The quantitative estimate of drug-likeness (QED) is 0.267. The van der Waals surface area contributed by atoms with E-state index in [0.29, 0.717) is 25.7 Å². The minimum Gasteiger partial charge on any atom is -0.465 e. The first-order chi connectivity index (χ1) is 10.5. The van der Waals surface area contributed by atoms with Crippen LogP contribution in [0.5, 0.6) is 0 Å². The van der Waals surface area contributed by atoms with Crippen LogP contribution in [-0.2, 0) is 23.9 Å². The lowest BCUT2D eigenvalue weighted by atomic mass is 9.83. The lowest BCUT2D eigenvalue weighted by molar-refractivity contribution is -0.141. The van der Waals surface area contributed by atoms with Gasteiger partial charge in [-0.1, -0.05) is 25.7 Å². The largest absolute Gasteiger partial charge is 0.465 e. The number of ketones is 1. The second-order valence-electron chi connectivity index (χ2n) is 5.71. The van der Waals surface area contributed by atoms with Gasteiger partial charge in [-0.05, 0) is 24.8 Å². The average molecular weight is 308 g/mol. The Balaban J connectivity index is 2.55. The summed E-state index contributed by atoms with van der Waals surface area (Å²) < 4.78 is 10.1. The first-order valence-corrected chi connectivity index (χ1v) is 7.48. The number of allylic oxidation sites excluding steroid dienone is 2. The summed E-state index contributed by atoms with van der Waals surface area (Å²) in [7, 11) is 1.45. The van der Waals surface area contributed by atoms with Gasteiger partial charge in [0.25, 0.3) is 0 Å². The molecule has 5 nitrogen and oxygen atoms in total. The molecule has 0 N–H and O–H groups in total. The molecule has 1 aliphatic rings. The number of ether oxygens (including phenoxy) is 2. The van der Waals surface area contributed by atoms with Gasteiger partial charge in [0.05, 0.1) is 12.5 Å². The Labute approximate surface area is 131 Å². The van der Waals surface area contributed by atoms with Crippen molar-refractivity contribution < 1.29 is 23.9 Å². The van der Waals surface area contributed by atoms with E-state index in [1.165, 1.54) is 13.2 Å². The Hall–Kier alpha value is -1.75. The Kier molecular flexibility index (Phi) is 7.74. The number of methoxy groups -OCH3 is 1. The molecule has 4 atom stereocenters. The third-order valence-electron chi connectivity index (χ3n) is 3.92. The van der Waals surface area contributed by atoms with Gasteiger partial charge in [-0.25, -0.2) is 0 Å². The Morgan fingerprint density at radius 2 is 2.27 bits per heavy atom. The zero-order valence-electron chi connectivity index (χ0n) is 13.2. The number of esters is 1. The molecule has 1 fully saturated rings. The Morgan fingerprint density at radius 1 is 1.55 bits per heavy atom. The van der Waals surface area contributed by atoms with Crippen molar-refractivity contribution in [3.05, 3.63) is 24.8 Å². The van der Waals surface area contributed by atoms with Crippen molar-refractivity contribution in [2.75, 3.05) is 13.7 Å². The van der Waals surface area contributed by atoms with Crippen LogP contribution in [0.3, 0.4) is 0 Å². The summed E-state index contributed by atoms with van der Waals surface area (Å²) >= 11 is 0. The van der Waals surface area contributed by atoms with Crippen LogP contribution in [0.2, 0.25) is 0 Å². The smallest absolute Gasteiger partial charge is 0.309 e. The van der Waals surface area contributed by atoms with Crippen LogP contribution in [0.1, 0.15) is 26.2 Å². The Bertz CT molecular complexity index is 440. The van der Waals surface area contributed by atoms with Gasteiger partial charge in [-0.3, -0.25) is 9.59 Å². The maximum Gasteiger partial charge on any atom is 0.309 e. The van der Waals surface area contributed by atoms with Gasteiger partial charge in [0.1, 0.15) is 6.10 Å². The van der Waals surface area contributed by atoms with Crippen LogP contribution in [0.4, 0.5) is 0 Å². The number of carbonyl (C=O) groups is 3. The lowest BCUT2D eigenvalue weighted by Crippen LogP contribution is -2.19. The number of cyclic esters (lactones) is 1. The first kappa shape index (κ1) is 18.3. The van der Waals surface area contributed by atoms with Crippen LogP contribution in [0.15, 0.2) is 24.8 Å². The maximum absolute atomic E-state index is 11.8. The van der Waals surface area contributed by atoms with E-state index in [1.807, 2.05) is 6.92 Å². The van der Waals surface area contributed by atoms with Gasteiger partial charge in [-0.15, -0.1) is 0 Å². The van der Waals surface area contributed by atoms with Crippen molar-refractivity contribution in [2.45, 2.75) is 32.3 Å². The number of hydrogen-bond donors (Lipinski definition) is 0. The van der Waals surface area contributed by atoms with Crippen LogP contribution in [-0.4, -0.2) is 37.9 Å². The summed E-state index contributed by atoms with van der Waals surface area (Å²) in [5.41, 5.74) is 0. The minimum atomic E-state index is -0.583. The van der Waals surface area contributed by atoms with Gasteiger partial charge in [0, 0.05) is 19.4 Å². The van der Waals surface area contributed by atoms with Crippen molar-refractivity contribution in [3.8, 4) is 0 Å². The van der Waals surface area contributed by atoms with E-state index < -0.39 is 6.10 Å². The van der Waals surface area contributed by atoms with Crippen LogP contribution in [0, 0.1) is 17.8 Å². The maximum atomic E-state index is 11.8. The summed E-state index contributed by atoms with van der Waals surface area (Å²) in [4.78, 5) is 33.9. The molecule has 5 heteroatoms. The highest BCUT2D eigenvalue weighted by molar-refractivity contribution is 5.89. The molecular weight excluding hydrogens is 284 g/mol. The van der Waals surface area contributed by atoms with Crippen LogP contribution in [0.25, 0.3) is 0 Å².